The Hall–Kier alpha value is -6.48. The number of fused-ring (bicyclic) bond motifs is 1. The Labute approximate surface area is 403 Å². The van der Waals surface area contributed by atoms with Gasteiger partial charge >= 0.3 is 0 Å². The van der Waals surface area contributed by atoms with Crippen LogP contribution in [0.5, 0.6) is 5.75 Å². The molecule has 34 heteroatoms. The van der Waals surface area contributed by atoms with Crippen molar-refractivity contribution >= 4 is 132 Å². The molecular formula is C36H32N10O18S6. The summed E-state index contributed by atoms with van der Waals surface area (Å²) in [7, 11) is -17.9. The molecule has 0 heterocycles. The zero-order valence-electron chi connectivity index (χ0n) is 34.6. The van der Waals surface area contributed by atoms with Gasteiger partial charge in [-0.05, 0) is 102 Å². The predicted molar refractivity (Wildman–Crippen MR) is 249 cm³/mol. The number of nitrogens with zero attached hydrogens (tertiary/aromatic N) is 6. The summed E-state index contributed by atoms with van der Waals surface area (Å²) in [4.78, 5) is -1.99. The van der Waals surface area contributed by atoms with Gasteiger partial charge in [0.2, 0.25) is 0 Å². The van der Waals surface area contributed by atoms with Crippen LogP contribution in [0.3, 0.4) is 0 Å². The first-order valence-electron chi connectivity index (χ1n) is 18.5. The lowest BCUT2D eigenvalue weighted by molar-refractivity contribution is -0.434. The minimum atomic E-state index is -5.15. The van der Waals surface area contributed by atoms with Gasteiger partial charge in [-0.15, -0.1) is 24.0 Å². The van der Waals surface area contributed by atoms with Crippen LogP contribution in [0.15, 0.2) is 152 Å². The number of azo groups is 3. The number of nitrogens with two attached hydrogens (primary N) is 3. The van der Waals surface area contributed by atoms with E-state index in [1.807, 2.05) is 0 Å². The van der Waals surface area contributed by atoms with E-state index in [4.69, 9.17) is 31.9 Å². The lowest BCUT2D eigenvalue weighted by atomic mass is 10.1. The second-order valence-corrected chi connectivity index (χ2v) is 21.3. The Kier molecular flexibility index (Phi) is 16.7. The number of nitrogen functional groups attached to an aromatic ring is 3. The molecule has 70 heavy (non-hydrogen) atoms. The van der Waals surface area contributed by atoms with E-state index in [2.05, 4.69) is 54.2 Å². The van der Waals surface area contributed by atoms with E-state index in [1.54, 1.807) is 0 Å². The van der Waals surface area contributed by atoms with E-state index < -0.39 is 67.1 Å². The van der Waals surface area contributed by atoms with Crippen molar-refractivity contribution in [3.05, 3.63) is 97.1 Å². The fourth-order valence-corrected chi connectivity index (χ4v) is 10.1. The molecule has 28 nitrogen and oxygen atoms in total. The number of benzene rings is 6. The molecule has 0 fully saturated rings. The number of sulfonamides is 1. The first-order chi connectivity index (χ1) is 33.0. The third-order valence-corrected chi connectivity index (χ3v) is 14.9. The normalized spacial score (nSPS) is 12.7. The number of anilines is 4. The lowest BCUT2D eigenvalue weighted by Crippen LogP contribution is -2.12. The molecular weight excluding hydrogens is 1050 g/mol. The Balaban J connectivity index is 1.23. The number of hydrogen-bond acceptors (Lipinski definition) is 27. The van der Waals surface area contributed by atoms with Gasteiger partial charge in [0.25, 0.3) is 30.3 Å². The maximum absolute atomic E-state index is 13.2. The molecule has 0 spiro atoms. The van der Waals surface area contributed by atoms with Crippen LogP contribution >= 0.6 is 24.4 Å². The van der Waals surface area contributed by atoms with Gasteiger partial charge in [0.05, 0.1) is 78.6 Å². The SMILES string of the molecule is Nc1cc(N)c(S(=O)(=O)O)cc1/N=N/c1ccc(S(=O)(=O)Nc2ccc(/N=N/c3c(S(=O)(=O)O)cc4cc(SOOO)c(/N=N/c5ccc(S(=O)(=O)CCOSOOO)cc5)c(N)c4c3O)cc2)cc1. The van der Waals surface area contributed by atoms with E-state index >= 15 is 0 Å². The van der Waals surface area contributed by atoms with E-state index in [9.17, 15) is 47.9 Å². The van der Waals surface area contributed by atoms with Gasteiger partial charge in [0.1, 0.15) is 26.9 Å². The highest BCUT2D eigenvalue weighted by atomic mass is 32.2. The van der Waals surface area contributed by atoms with Gasteiger partial charge in [-0.1, -0.05) is 10.1 Å². The number of phenols is 1. The number of nitrogens with one attached hydrogen (secondary N) is 1. The molecule has 0 aliphatic heterocycles. The Morgan fingerprint density at radius 1 is 0.600 bits per heavy atom. The third-order valence-electron chi connectivity index (χ3n) is 8.99. The molecule has 12 N–H and O–H groups in total. The molecule has 0 atom stereocenters. The zero-order valence-corrected chi connectivity index (χ0v) is 39.5. The molecule has 0 aliphatic rings. The van der Waals surface area contributed by atoms with Crippen LogP contribution in [0.2, 0.25) is 0 Å². The summed E-state index contributed by atoms with van der Waals surface area (Å²) in [6.07, 6.45) is 0. The highest BCUT2D eigenvalue weighted by Gasteiger charge is 2.26. The fourth-order valence-electron chi connectivity index (χ4n) is 5.81. The number of rotatable bonds is 21. The molecule has 0 aliphatic carbocycles. The summed E-state index contributed by atoms with van der Waals surface area (Å²) in [6.45, 7) is -0.334. The molecule has 0 bridgehead atoms. The van der Waals surface area contributed by atoms with E-state index in [0.717, 1.165) is 18.2 Å². The second kappa shape index (κ2) is 22.1. The summed E-state index contributed by atoms with van der Waals surface area (Å²) < 4.78 is 135. The van der Waals surface area contributed by atoms with Crippen molar-refractivity contribution in [2.75, 3.05) is 34.3 Å². The largest absolute Gasteiger partial charge is 0.505 e. The third kappa shape index (κ3) is 13.0. The van der Waals surface area contributed by atoms with Crippen molar-refractivity contribution in [1.82, 2.24) is 0 Å². The average molecular weight is 1090 g/mol. The van der Waals surface area contributed by atoms with Crippen molar-refractivity contribution < 1.29 is 81.3 Å². The zero-order chi connectivity index (χ0) is 51.0. The summed E-state index contributed by atoms with van der Waals surface area (Å²) in [6, 6.07) is 19.1. The van der Waals surface area contributed by atoms with Gasteiger partial charge < -0.3 is 22.3 Å². The Morgan fingerprint density at radius 3 is 1.71 bits per heavy atom. The highest BCUT2D eigenvalue weighted by Crippen LogP contribution is 2.49. The smallest absolute Gasteiger partial charge is 0.296 e. The molecule has 0 radical (unpaired) electrons. The number of phenolic OH excluding ortho intramolecular Hbond substituents is 1. The van der Waals surface area contributed by atoms with E-state index in [-0.39, 0.29) is 95.6 Å². The molecule has 370 valence electrons. The fraction of sp³-hybridized carbons (Fsp3) is 0.0556. The van der Waals surface area contributed by atoms with Gasteiger partial charge in [-0.25, -0.2) is 27.4 Å². The number of sulfone groups is 1. The molecule has 0 amide bonds. The lowest BCUT2D eigenvalue weighted by Gasteiger charge is -2.14. The number of hydrogen-bond donors (Lipinski definition) is 9. The van der Waals surface area contributed by atoms with Crippen molar-refractivity contribution in [2.24, 2.45) is 30.7 Å². The average Bonchev–Trinajstić information content (AvgIpc) is 3.29. The summed E-state index contributed by atoms with van der Waals surface area (Å²) in [5.41, 5.74) is 16.2. The van der Waals surface area contributed by atoms with Crippen LogP contribution in [0.4, 0.5) is 56.9 Å². The van der Waals surface area contributed by atoms with Crippen molar-refractivity contribution in [3.8, 4) is 5.75 Å². The predicted octanol–water partition coefficient (Wildman–Crippen LogP) is 8.04. The molecule has 6 aromatic carbocycles. The van der Waals surface area contributed by atoms with Gasteiger partial charge in [-0.3, -0.25) is 18.0 Å². The van der Waals surface area contributed by atoms with Crippen LogP contribution in [0, 0.1) is 0 Å². The summed E-state index contributed by atoms with van der Waals surface area (Å²) >= 11 is 0.530. The van der Waals surface area contributed by atoms with Crippen LogP contribution in [0.1, 0.15) is 0 Å². The number of aromatic hydroxyl groups is 1. The van der Waals surface area contributed by atoms with Gasteiger partial charge in [0.15, 0.2) is 27.9 Å². The maximum atomic E-state index is 13.2. The second-order valence-electron chi connectivity index (χ2n) is 13.5. The highest BCUT2D eigenvalue weighted by molar-refractivity contribution is 7.94. The van der Waals surface area contributed by atoms with E-state index in [0.29, 0.717) is 12.0 Å². The van der Waals surface area contributed by atoms with Crippen molar-refractivity contribution in [2.45, 2.75) is 24.5 Å². The molecule has 6 aromatic rings. The summed E-state index contributed by atoms with van der Waals surface area (Å²) in [5.74, 6) is -1.39. The van der Waals surface area contributed by atoms with Crippen LogP contribution in [-0.2, 0) is 63.0 Å². The van der Waals surface area contributed by atoms with Gasteiger partial charge in [-0.2, -0.15) is 32.2 Å². The minimum absolute atomic E-state index is 0.00633. The maximum Gasteiger partial charge on any atom is 0.296 e. The molecule has 6 rings (SSSR count). The first-order valence-corrected chi connectivity index (χ1v) is 25.9. The Bertz CT molecular complexity index is 3480. The molecule has 0 aromatic heterocycles. The summed E-state index contributed by atoms with van der Waals surface area (Å²) in [5, 5.41) is 58.8. The first kappa shape index (κ1) is 52.9. The van der Waals surface area contributed by atoms with Crippen molar-refractivity contribution in [1.29, 1.82) is 0 Å². The standard InChI is InChI=1S/C36H32N10O18S6/c37-26-17-27(38)30(69(54,55)56)18-28(26)43-40-21-7-11-25(12-8-21)68(52,53)46-23-3-1-20(2-4-23)42-45-35-31(70(57,58)59)16-19-15-29(65-63-61-48)34(33(39)32(19)36(35)47)44-41-22-5-9-24(10-6-22)67(50,51)14-13-60-66-64-62-49/h1-12,15-18,46-49H,13-14,37-39H2,(H,54,55,56)(H,57,58,59)/b43-40+,44-41+,45-42+. The topological polar surface area (TPSA) is 448 Å². The quantitative estimate of drug-likeness (QED) is 0.00626. The molecule has 0 unspecified atom stereocenters. The molecule has 0 saturated heterocycles. The van der Waals surface area contributed by atoms with Crippen LogP contribution < -0.4 is 21.9 Å². The Morgan fingerprint density at radius 2 is 1.14 bits per heavy atom. The van der Waals surface area contributed by atoms with E-state index in [1.165, 1.54) is 78.9 Å². The molecule has 0 saturated carbocycles. The monoisotopic (exact) mass is 1080 g/mol. The van der Waals surface area contributed by atoms with Gasteiger partial charge in [0, 0.05) is 5.69 Å². The van der Waals surface area contributed by atoms with Crippen LogP contribution in [-0.4, -0.2) is 70.8 Å². The van der Waals surface area contributed by atoms with Crippen molar-refractivity contribution in [3.63, 3.8) is 0 Å². The van der Waals surface area contributed by atoms with Crippen LogP contribution in [0.25, 0.3) is 10.8 Å². The minimum Gasteiger partial charge on any atom is -0.505 e.